The summed E-state index contributed by atoms with van der Waals surface area (Å²) in [7, 11) is 0. The second-order valence-corrected chi connectivity index (χ2v) is 6.00. The Hall–Kier alpha value is -1.91. The number of nitrogens with one attached hydrogen (secondary N) is 1. The van der Waals surface area contributed by atoms with Gasteiger partial charge >= 0.3 is 0 Å². The van der Waals surface area contributed by atoms with E-state index in [0.29, 0.717) is 0 Å². The molecular weight excluding hydrogens is 271 g/mol. The van der Waals surface area contributed by atoms with E-state index in [9.17, 15) is 14.0 Å². The van der Waals surface area contributed by atoms with Crippen molar-refractivity contribution in [1.82, 2.24) is 10.2 Å². The normalized spacial score (nSPS) is 24.9. The van der Waals surface area contributed by atoms with Gasteiger partial charge in [0.25, 0.3) is 5.91 Å². The van der Waals surface area contributed by atoms with Gasteiger partial charge in [0.2, 0.25) is 5.91 Å². The summed E-state index contributed by atoms with van der Waals surface area (Å²) in [4.78, 5) is 26.8. The second-order valence-electron chi connectivity index (χ2n) is 6.00. The van der Waals surface area contributed by atoms with Crippen molar-refractivity contribution in [3.63, 3.8) is 0 Å². The number of carbonyl (C=O) groups excluding carboxylic acids is 2. The minimum Gasteiger partial charge on any atom is -0.336 e. The highest BCUT2D eigenvalue weighted by Crippen LogP contribution is 2.32. The molecule has 0 saturated carbocycles. The Kier molecular flexibility index (Phi) is 4.03. The smallest absolute Gasteiger partial charge is 0.253 e. The Bertz CT molecular complexity index is 544. The maximum absolute atomic E-state index is 12.9. The first-order valence-corrected chi connectivity index (χ1v) is 7.10. The largest absolute Gasteiger partial charge is 0.336 e. The molecule has 5 heteroatoms. The lowest BCUT2D eigenvalue weighted by Crippen LogP contribution is -2.71. The van der Waals surface area contributed by atoms with Gasteiger partial charge < -0.3 is 10.2 Å². The van der Waals surface area contributed by atoms with E-state index in [2.05, 4.69) is 5.32 Å². The number of amides is 2. The van der Waals surface area contributed by atoms with Crippen LogP contribution in [0.25, 0.3) is 0 Å². The average Bonchev–Trinajstić information content (AvgIpc) is 2.46. The number of piperazine rings is 1. The van der Waals surface area contributed by atoms with Crippen LogP contribution in [-0.2, 0) is 15.1 Å². The van der Waals surface area contributed by atoms with E-state index in [1.807, 2.05) is 30.3 Å². The third-order valence-corrected chi connectivity index (χ3v) is 4.13. The van der Waals surface area contributed by atoms with Gasteiger partial charge in [-0.25, -0.2) is 0 Å². The van der Waals surface area contributed by atoms with Crippen LogP contribution in [0.5, 0.6) is 0 Å². The molecule has 1 aliphatic rings. The summed E-state index contributed by atoms with van der Waals surface area (Å²) in [5.41, 5.74) is -1.35. The lowest BCUT2D eigenvalue weighted by molar-refractivity contribution is -0.161. The quantitative estimate of drug-likeness (QED) is 0.922. The first kappa shape index (κ1) is 15.5. The van der Waals surface area contributed by atoms with Gasteiger partial charge in [0.05, 0.1) is 6.67 Å². The minimum absolute atomic E-state index is 0.202. The second kappa shape index (κ2) is 5.47. The van der Waals surface area contributed by atoms with Gasteiger partial charge in [0, 0.05) is 6.54 Å². The van der Waals surface area contributed by atoms with Crippen LogP contribution in [0.3, 0.4) is 0 Å². The van der Waals surface area contributed by atoms with E-state index in [0.717, 1.165) is 5.56 Å². The molecule has 1 fully saturated rings. The molecule has 0 radical (unpaired) electrons. The molecule has 114 valence electrons. The van der Waals surface area contributed by atoms with E-state index >= 15 is 0 Å². The standard InChI is InChI=1S/C16H21FN2O2/c1-15(2)13(20)18-16(3,12-8-5-4-6-9-12)14(21)19(15)11-7-10-17/h4-6,8-9H,7,10-11H2,1-3H3,(H,18,20). The van der Waals surface area contributed by atoms with Crippen molar-refractivity contribution in [3.05, 3.63) is 35.9 Å². The fraction of sp³-hybridized carbons (Fsp3) is 0.500. The highest BCUT2D eigenvalue weighted by molar-refractivity contribution is 6.02. The maximum Gasteiger partial charge on any atom is 0.253 e. The summed E-state index contributed by atoms with van der Waals surface area (Å²) >= 11 is 0. The molecule has 1 unspecified atom stereocenters. The highest BCUT2D eigenvalue weighted by atomic mass is 19.1. The predicted molar refractivity (Wildman–Crippen MR) is 78.3 cm³/mol. The Morgan fingerprint density at radius 2 is 1.76 bits per heavy atom. The zero-order chi connectivity index (χ0) is 15.7. The molecule has 1 aliphatic heterocycles. The van der Waals surface area contributed by atoms with E-state index < -0.39 is 17.8 Å². The van der Waals surface area contributed by atoms with Crippen LogP contribution in [0.2, 0.25) is 0 Å². The first-order valence-electron chi connectivity index (χ1n) is 7.10. The predicted octanol–water partition coefficient (Wildman–Crippen LogP) is 2.00. The molecule has 1 aromatic rings. The topological polar surface area (TPSA) is 49.4 Å². The number of carbonyl (C=O) groups is 2. The van der Waals surface area contributed by atoms with E-state index in [-0.39, 0.29) is 24.8 Å². The molecule has 1 aromatic carbocycles. The third-order valence-electron chi connectivity index (χ3n) is 4.13. The molecule has 4 nitrogen and oxygen atoms in total. The molecule has 2 amide bonds. The van der Waals surface area contributed by atoms with Crippen molar-refractivity contribution in [2.75, 3.05) is 13.2 Å². The number of halogens is 1. The molecule has 21 heavy (non-hydrogen) atoms. The first-order chi connectivity index (χ1) is 9.84. The van der Waals surface area contributed by atoms with Crippen LogP contribution in [0.15, 0.2) is 30.3 Å². The number of hydrogen-bond acceptors (Lipinski definition) is 2. The molecule has 1 N–H and O–H groups in total. The molecule has 0 aliphatic carbocycles. The molecule has 0 spiro atoms. The lowest BCUT2D eigenvalue weighted by atomic mass is 9.83. The Labute approximate surface area is 124 Å². The van der Waals surface area contributed by atoms with E-state index in [1.165, 1.54) is 4.90 Å². The number of nitrogens with zero attached hydrogens (tertiary/aromatic N) is 1. The zero-order valence-corrected chi connectivity index (χ0v) is 12.6. The number of hydrogen-bond donors (Lipinski definition) is 1. The number of rotatable bonds is 4. The molecule has 1 saturated heterocycles. The Morgan fingerprint density at radius 1 is 1.14 bits per heavy atom. The van der Waals surface area contributed by atoms with Gasteiger partial charge in [0.15, 0.2) is 0 Å². The van der Waals surface area contributed by atoms with Crippen LogP contribution in [0.1, 0.15) is 32.8 Å². The molecule has 1 heterocycles. The molecule has 0 aromatic heterocycles. The lowest BCUT2D eigenvalue weighted by Gasteiger charge is -2.48. The van der Waals surface area contributed by atoms with Crippen LogP contribution >= 0.6 is 0 Å². The molecule has 1 atom stereocenters. The van der Waals surface area contributed by atoms with Crippen molar-refractivity contribution in [2.24, 2.45) is 0 Å². The SMILES string of the molecule is CC1(c2ccccc2)NC(=O)C(C)(C)N(CCCF)C1=O. The summed E-state index contributed by atoms with van der Waals surface area (Å²) in [5, 5.41) is 2.83. The van der Waals surface area contributed by atoms with Crippen molar-refractivity contribution in [2.45, 2.75) is 38.3 Å². The van der Waals surface area contributed by atoms with Gasteiger partial charge in [-0.3, -0.25) is 14.0 Å². The van der Waals surface area contributed by atoms with Crippen LogP contribution in [0.4, 0.5) is 4.39 Å². The Morgan fingerprint density at radius 3 is 2.33 bits per heavy atom. The van der Waals surface area contributed by atoms with Crippen LogP contribution in [-0.4, -0.2) is 35.5 Å². The molecule has 2 rings (SSSR count). The van der Waals surface area contributed by atoms with Gasteiger partial charge in [-0.2, -0.15) is 0 Å². The number of benzene rings is 1. The van der Waals surface area contributed by atoms with Crippen molar-refractivity contribution < 1.29 is 14.0 Å². The van der Waals surface area contributed by atoms with Gasteiger partial charge in [0.1, 0.15) is 11.1 Å². The summed E-state index contributed by atoms with van der Waals surface area (Å²) in [6.45, 7) is 4.79. The van der Waals surface area contributed by atoms with E-state index in [1.54, 1.807) is 20.8 Å². The van der Waals surface area contributed by atoms with Crippen LogP contribution in [0, 0.1) is 0 Å². The van der Waals surface area contributed by atoms with E-state index in [4.69, 9.17) is 0 Å². The summed E-state index contributed by atoms with van der Waals surface area (Å²) in [6, 6.07) is 9.12. The minimum atomic E-state index is -1.11. The number of alkyl halides is 1. The summed E-state index contributed by atoms with van der Waals surface area (Å²) in [6.07, 6.45) is 0.229. The maximum atomic E-state index is 12.9. The van der Waals surface area contributed by atoms with Crippen molar-refractivity contribution in [1.29, 1.82) is 0 Å². The third kappa shape index (κ3) is 2.52. The fourth-order valence-corrected chi connectivity index (χ4v) is 2.65. The van der Waals surface area contributed by atoms with Crippen molar-refractivity contribution >= 4 is 11.8 Å². The van der Waals surface area contributed by atoms with Gasteiger partial charge in [-0.1, -0.05) is 30.3 Å². The molecule has 0 bridgehead atoms. The van der Waals surface area contributed by atoms with Crippen molar-refractivity contribution in [3.8, 4) is 0 Å². The fourth-order valence-electron chi connectivity index (χ4n) is 2.65. The molecular formula is C16H21FN2O2. The Balaban J connectivity index is 2.42. The highest BCUT2D eigenvalue weighted by Gasteiger charge is 2.52. The van der Waals surface area contributed by atoms with Gasteiger partial charge in [-0.05, 0) is 32.8 Å². The van der Waals surface area contributed by atoms with Crippen LogP contribution < -0.4 is 5.32 Å². The summed E-state index contributed by atoms with van der Waals surface area (Å²) < 4.78 is 12.5. The average molecular weight is 292 g/mol. The summed E-state index contributed by atoms with van der Waals surface area (Å²) in [5.74, 6) is -0.431. The van der Waals surface area contributed by atoms with Gasteiger partial charge in [-0.15, -0.1) is 0 Å². The monoisotopic (exact) mass is 292 g/mol. The zero-order valence-electron chi connectivity index (χ0n) is 12.6.